The molecule has 0 fully saturated rings. The number of hydrogen-bond acceptors (Lipinski definition) is 3. The maximum atomic E-state index is 10.6. The van der Waals surface area contributed by atoms with Crippen LogP contribution >= 0.6 is 22.9 Å². The van der Waals surface area contributed by atoms with E-state index < -0.39 is 0 Å². The lowest BCUT2D eigenvalue weighted by Gasteiger charge is -1.97. The van der Waals surface area contributed by atoms with Gasteiger partial charge < -0.3 is 5.11 Å². The van der Waals surface area contributed by atoms with Gasteiger partial charge in [-0.3, -0.25) is 4.79 Å². The maximum Gasteiger partial charge on any atom is 0.150 e. The summed E-state index contributed by atoms with van der Waals surface area (Å²) in [7, 11) is 0. The van der Waals surface area contributed by atoms with Gasteiger partial charge in [0.25, 0.3) is 0 Å². The number of fused-ring (bicyclic) bond motifs is 1. The smallest absolute Gasteiger partial charge is 0.150 e. The third kappa shape index (κ3) is 1.20. The van der Waals surface area contributed by atoms with Gasteiger partial charge >= 0.3 is 0 Å². The summed E-state index contributed by atoms with van der Waals surface area (Å²) in [6.45, 7) is 0. The van der Waals surface area contributed by atoms with Crippen molar-refractivity contribution in [1.82, 2.24) is 0 Å². The standard InChI is InChI=1S/C9H5ClO2S/c10-6-2-1-5(3-11)8-7(12)4-13-9(6)8/h1-4,12H. The zero-order valence-electron chi connectivity index (χ0n) is 6.45. The van der Waals surface area contributed by atoms with Crippen LogP contribution in [-0.2, 0) is 0 Å². The van der Waals surface area contributed by atoms with Crippen molar-refractivity contribution >= 4 is 39.3 Å². The quantitative estimate of drug-likeness (QED) is 0.738. The lowest BCUT2D eigenvalue weighted by Crippen LogP contribution is -1.80. The summed E-state index contributed by atoms with van der Waals surface area (Å²) in [6, 6.07) is 3.26. The van der Waals surface area contributed by atoms with Gasteiger partial charge in [0, 0.05) is 16.3 Å². The minimum absolute atomic E-state index is 0.115. The highest BCUT2D eigenvalue weighted by Crippen LogP contribution is 2.37. The van der Waals surface area contributed by atoms with E-state index in [1.807, 2.05) is 0 Å². The number of carbonyl (C=O) groups is 1. The van der Waals surface area contributed by atoms with E-state index >= 15 is 0 Å². The average Bonchev–Trinajstić information content (AvgIpc) is 2.51. The van der Waals surface area contributed by atoms with Crippen LogP contribution in [0.3, 0.4) is 0 Å². The van der Waals surface area contributed by atoms with Crippen molar-refractivity contribution in [2.24, 2.45) is 0 Å². The molecule has 2 nitrogen and oxygen atoms in total. The minimum atomic E-state index is 0.115. The molecule has 0 aliphatic carbocycles. The predicted molar refractivity (Wildman–Crippen MR) is 53.9 cm³/mol. The van der Waals surface area contributed by atoms with E-state index in [-0.39, 0.29) is 5.75 Å². The third-order valence-electron chi connectivity index (χ3n) is 1.81. The van der Waals surface area contributed by atoms with Crippen LogP contribution in [0.25, 0.3) is 10.1 Å². The van der Waals surface area contributed by atoms with Gasteiger partial charge in [-0.15, -0.1) is 11.3 Å². The number of aromatic hydroxyl groups is 1. The first kappa shape index (κ1) is 8.53. The lowest BCUT2D eigenvalue weighted by atomic mass is 10.1. The molecule has 0 saturated heterocycles. The fourth-order valence-electron chi connectivity index (χ4n) is 1.22. The molecule has 2 aromatic rings. The van der Waals surface area contributed by atoms with Crippen molar-refractivity contribution in [2.75, 3.05) is 0 Å². The number of thiophene rings is 1. The van der Waals surface area contributed by atoms with E-state index in [2.05, 4.69) is 0 Å². The molecule has 13 heavy (non-hydrogen) atoms. The van der Waals surface area contributed by atoms with Crippen molar-refractivity contribution in [3.8, 4) is 5.75 Å². The topological polar surface area (TPSA) is 37.3 Å². The second-order valence-electron chi connectivity index (χ2n) is 2.58. The van der Waals surface area contributed by atoms with Crippen molar-refractivity contribution in [3.05, 3.63) is 28.1 Å². The molecular formula is C9H5ClO2S. The van der Waals surface area contributed by atoms with E-state index in [4.69, 9.17) is 11.6 Å². The molecule has 0 radical (unpaired) electrons. The molecule has 0 spiro atoms. The monoisotopic (exact) mass is 212 g/mol. The Hall–Kier alpha value is -1.06. The first-order valence-corrected chi connectivity index (χ1v) is 4.83. The van der Waals surface area contributed by atoms with Crippen LogP contribution in [0.15, 0.2) is 17.5 Å². The second-order valence-corrected chi connectivity index (χ2v) is 3.87. The minimum Gasteiger partial charge on any atom is -0.506 e. The zero-order valence-corrected chi connectivity index (χ0v) is 8.02. The Morgan fingerprint density at radius 1 is 1.46 bits per heavy atom. The van der Waals surface area contributed by atoms with Crippen molar-refractivity contribution in [3.63, 3.8) is 0 Å². The number of aldehydes is 1. The Morgan fingerprint density at radius 2 is 2.23 bits per heavy atom. The maximum absolute atomic E-state index is 10.6. The molecule has 1 aromatic carbocycles. The summed E-state index contributed by atoms with van der Waals surface area (Å²) in [6.07, 6.45) is 0.713. The summed E-state index contributed by atoms with van der Waals surface area (Å²) in [4.78, 5) is 10.6. The summed E-state index contributed by atoms with van der Waals surface area (Å²) in [5, 5.41) is 12.1. The zero-order chi connectivity index (χ0) is 9.42. The van der Waals surface area contributed by atoms with Crippen molar-refractivity contribution in [2.45, 2.75) is 0 Å². The third-order valence-corrected chi connectivity index (χ3v) is 3.24. The molecule has 0 saturated carbocycles. The van der Waals surface area contributed by atoms with Gasteiger partial charge in [0.05, 0.1) is 9.72 Å². The van der Waals surface area contributed by atoms with Crippen molar-refractivity contribution < 1.29 is 9.90 Å². The van der Waals surface area contributed by atoms with Crippen LogP contribution in [0.1, 0.15) is 10.4 Å². The SMILES string of the molecule is O=Cc1ccc(Cl)c2scc(O)c12. The summed E-state index contributed by atoms with van der Waals surface area (Å²) < 4.78 is 0.753. The molecule has 1 heterocycles. The fourth-order valence-corrected chi connectivity index (χ4v) is 2.38. The van der Waals surface area contributed by atoms with E-state index in [1.54, 1.807) is 17.5 Å². The first-order valence-electron chi connectivity index (χ1n) is 3.58. The Bertz CT molecular complexity index is 476. The number of carbonyl (C=O) groups excluding carboxylic acids is 1. The highest BCUT2D eigenvalue weighted by molar-refractivity contribution is 7.18. The van der Waals surface area contributed by atoms with Gasteiger partial charge in [-0.2, -0.15) is 0 Å². The number of rotatable bonds is 1. The van der Waals surface area contributed by atoms with Gasteiger partial charge in [-0.25, -0.2) is 0 Å². The number of halogens is 1. The Labute approximate surface area is 83.4 Å². The van der Waals surface area contributed by atoms with Crippen molar-refractivity contribution in [1.29, 1.82) is 0 Å². The first-order chi connectivity index (χ1) is 6.24. The summed E-state index contributed by atoms with van der Waals surface area (Å²) in [5.74, 6) is 0.115. The normalized spacial score (nSPS) is 10.5. The molecule has 0 atom stereocenters. The molecule has 1 aromatic heterocycles. The van der Waals surface area contributed by atoms with Gasteiger partial charge in [0.2, 0.25) is 0 Å². The Morgan fingerprint density at radius 3 is 2.92 bits per heavy atom. The molecule has 0 unspecified atom stereocenters. The molecule has 0 aliphatic rings. The van der Waals surface area contributed by atoms with Gasteiger partial charge in [-0.05, 0) is 12.1 Å². The molecule has 0 bridgehead atoms. The molecule has 1 N–H and O–H groups in total. The Kier molecular flexibility index (Phi) is 1.98. The molecule has 2 rings (SSSR count). The molecule has 0 amide bonds. The van der Waals surface area contributed by atoms with Crippen LogP contribution in [0.2, 0.25) is 5.02 Å². The van der Waals surface area contributed by atoms with E-state index in [0.29, 0.717) is 22.3 Å². The summed E-state index contributed by atoms with van der Waals surface area (Å²) in [5.41, 5.74) is 0.471. The van der Waals surface area contributed by atoms with Crippen LogP contribution in [-0.4, -0.2) is 11.4 Å². The van der Waals surface area contributed by atoms with Gasteiger partial charge in [0.15, 0.2) is 6.29 Å². The van der Waals surface area contributed by atoms with E-state index in [1.165, 1.54) is 11.3 Å². The lowest BCUT2D eigenvalue weighted by molar-refractivity contribution is 0.112. The Balaban J connectivity index is 2.96. The molecular weight excluding hydrogens is 208 g/mol. The highest BCUT2D eigenvalue weighted by atomic mass is 35.5. The number of hydrogen-bond donors (Lipinski definition) is 1. The largest absolute Gasteiger partial charge is 0.506 e. The van der Waals surface area contributed by atoms with Gasteiger partial charge in [0.1, 0.15) is 5.75 Å². The molecule has 0 aliphatic heterocycles. The fraction of sp³-hybridized carbons (Fsp3) is 0. The molecule has 66 valence electrons. The van der Waals surface area contributed by atoms with Gasteiger partial charge in [-0.1, -0.05) is 11.6 Å². The second kappa shape index (κ2) is 3.01. The highest BCUT2D eigenvalue weighted by Gasteiger charge is 2.10. The van der Waals surface area contributed by atoms with E-state index in [0.717, 1.165) is 4.70 Å². The average molecular weight is 213 g/mol. The van der Waals surface area contributed by atoms with Crippen LogP contribution < -0.4 is 0 Å². The molecule has 4 heteroatoms. The summed E-state index contributed by atoms with van der Waals surface area (Å²) >= 11 is 7.21. The van der Waals surface area contributed by atoms with E-state index in [9.17, 15) is 9.90 Å². The number of benzene rings is 1. The van der Waals surface area contributed by atoms with Crippen LogP contribution in [0, 0.1) is 0 Å². The predicted octanol–water partition coefficient (Wildman–Crippen LogP) is 3.07. The van der Waals surface area contributed by atoms with Crippen LogP contribution in [0.4, 0.5) is 0 Å². The van der Waals surface area contributed by atoms with Crippen LogP contribution in [0.5, 0.6) is 5.75 Å².